The fraction of sp³-hybridized carbons (Fsp3) is 0.300. The SMILES string of the molecule is CC(C)NS(=O)(=O)Cc1ccc(-c2cn(CCO)nc2-c2ccncc2)cc1. The lowest BCUT2D eigenvalue weighted by Crippen LogP contribution is -2.31. The van der Waals surface area contributed by atoms with Gasteiger partial charge in [0.15, 0.2) is 0 Å². The van der Waals surface area contributed by atoms with Crippen LogP contribution in [-0.2, 0) is 22.3 Å². The maximum atomic E-state index is 12.1. The van der Waals surface area contributed by atoms with E-state index in [0.29, 0.717) is 12.1 Å². The zero-order valence-electron chi connectivity index (χ0n) is 15.9. The van der Waals surface area contributed by atoms with E-state index in [0.717, 1.165) is 22.4 Å². The van der Waals surface area contributed by atoms with Crippen LogP contribution in [-0.4, -0.2) is 40.9 Å². The Balaban J connectivity index is 1.91. The summed E-state index contributed by atoms with van der Waals surface area (Å²) in [5.41, 5.74) is 4.26. The molecule has 2 aromatic heterocycles. The lowest BCUT2D eigenvalue weighted by molar-refractivity contribution is 0.269. The van der Waals surface area contributed by atoms with Crippen molar-refractivity contribution in [1.29, 1.82) is 0 Å². The minimum Gasteiger partial charge on any atom is -0.394 e. The Kier molecular flexibility index (Phi) is 6.23. The Morgan fingerprint density at radius 2 is 1.75 bits per heavy atom. The highest BCUT2D eigenvalue weighted by Gasteiger charge is 2.15. The lowest BCUT2D eigenvalue weighted by atomic mass is 10.0. The average molecular weight is 401 g/mol. The molecule has 1 aromatic carbocycles. The van der Waals surface area contributed by atoms with Crippen molar-refractivity contribution in [2.45, 2.75) is 32.2 Å². The maximum Gasteiger partial charge on any atom is 0.216 e. The molecule has 3 aromatic rings. The Hall–Kier alpha value is -2.55. The highest BCUT2D eigenvalue weighted by molar-refractivity contribution is 7.88. The van der Waals surface area contributed by atoms with Gasteiger partial charge in [0.05, 0.1) is 18.9 Å². The van der Waals surface area contributed by atoms with Crippen molar-refractivity contribution >= 4 is 10.0 Å². The van der Waals surface area contributed by atoms with Gasteiger partial charge in [0, 0.05) is 35.8 Å². The maximum absolute atomic E-state index is 12.1. The summed E-state index contributed by atoms with van der Waals surface area (Å²) >= 11 is 0. The van der Waals surface area contributed by atoms with E-state index < -0.39 is 10.0 Å². The van der Waals surface area contributed by atoms with Crippen LogP contribution in [0.2, 0.25) is 0 Å². The van der Waals surface area contributed by atoms with Crippen LogP contribution in [0.1, 0.15) is 19.4 Å². The standard InChI is InChI=1S/C20H24N4O3S/c1-15(2)23-28(26,27)14-16-3-5-17(6-4-16)19-13-24(11-12-25)22-20(19)18-7-9-21-10-8-18/h3-10,13,15,23,25H,11-12,14H2,1-2H3. The molecule has 0 aliphatic heterocycles. The van der Waals surface area contributed by atoms with Crippen LogP contribution >= 0.6 is 0 Å². The summed E-state index contributed by atoms with van der Waals surface area (Å²) in [6.45, 7) is 3.99. The second-order valence-electron chi connectivity index (χ2n) is 6.84. The molecule has 0 bridgehead atoms. The van der Waals surface area contributed by atoms with Crippen molar-refractivity contribution < 1.29 is 13.5 Å². The molecule has 8 heteroatoms. The lowest BCUT2D eigenvalue weighted by Gasteiger charge is -2.10. The summed E-state index contributed by atoms with van der Waals surface area (Å²) in [7, 11) is -3.37. The van der Waals surface area contributed by atoms with Gasteiger partial charge in [-0.1, -0.05) is 24.3 Å². The first kappa shape index (κ1) is 20.2. The topological polar surface area (TPSA) is 97.1 Å². The van der Waals surface area contributed by atoms with E-state index >= 15 is 0 Å². The third kappa shape index (κ3) is 5.03. The number of aliphatic hydroxyl groups is 1. The summed E-state index contributed by atoms with van der Waals surface area (Å²) in [6.07, 6.45) is 5.30. The number of hydrogen-bond acceptors (Lipinski definition) is 5. The molecule has 0 atom stereocenters. The number of benzene rings is 1. The van der Waals surface area contributed by atoms with Crippen LogP contribution in [0.5, 0.6) is 0 Å². The van der Waals surface area contributed by atoms with Gasteiger partial charge in [-0.2, -0.15) is 5.10 Å². The van der Waals surface area contributed by atoms with Crippen LogP contribution in [0.25, 0.3) is 22.4 Å². The number of aromatic nitrogens is 3. The summed E-state index contributed by atoms with van der Waals surface area (Å²) < 4.78 is 28.5. The minimum absolute atomic E-state index is 0.00342. The van der Waals surface area contributed by atoms with E-state index in [1.165, 1.54) is 0 Å². The Morgan fingerprint density at radius 3 is 2.36 bits per heavy atom. The van der Waals surface area contributed by atoms with Crippen LogP contribution in [0.15, 0.2) is 55.0 Å². The first-order valence-electron chi connectivity index (χ1n) is 9.06. The fourth-order valence-corrected chi connectivity index (χ4v) is 4.41. The molecule has 0 aliphatic carbocycles. The smallest absolute Gasteiger partial charge is 0.216 e. The van der Waals surface area contributed by atoms with Crippen LogP contribution < -0.4 is 4.72 Å². The largest absolute Gasteiger partial charge is 0.394 e. The van der Waals surface area contributed by atoms with Gasteiger partial charge in [-0.05, 0) is 37.1 Å². The van der Waals surface area contributed by atoms with Gasteiger partial charge in [-0.3, -0.25) is 9.67 Å². The van der Waals surface area contributed by atoms with Crippen molar-refractivity contribution in [3.05, 3.63) is 60.6 Å². The third-order valence-corrected chi connectivity index (χ3v) is 5.63. The van der Waals surface area contributed by atoms with E-state index in [4.69, 9.17) is 0 Å². The molecular weight excluding hydrogens is 376 g/mol. The Morgan fingerprint density at radius 1 is 1.07 bits per heavy atom. The van der Waals surface area contributed by atoms with Crippen molar-refractivity contribution in [3.8, 4) is 22.4 Å². The second-order valence-corrected chi connectivity index (χ2v) is 8.60. The second kappa shape index (κ2) is 8.64. The van der Waals surface area contributed by atoms with Crippen molar-refractivity contribution in [2.24, 2.45) is 0 Å². The molecule has 28 heavy (non-hydrogen) atoms. The summed E-state index contributed by atoms with van der Waals surface area (Å²) in [6, 6.07) is 11.0. The van der Waals surface area contributed by atoms with Crippen LogP contribution in [0.3, 0.4) is 0 Å². The molecule has 148 valence electrons. The van der Waals surface area contributed by atoms with Gasteiger partial charge >= 0.3 is 0 Å². The van der Waals surface area contributed by atoms with Crippen molar-refractivity contribution in [2.75, 3.05) is 6.61 Å². The van der Waals surface area contributed by atoms with Crippen molar-refractivity contribution in [3.63, 3.8) is 0 Å². The van der Waals surface area contributed by atoms with Crippen LogP contribution in [0.4, 0.5) is 0 Å². The molecule has 3 rings (SSSR count). The predicted octanol–water partition coefficient (Wildman–Crippen LogP) is 2.43. The fourth-order valence-electron chi connectivity index (χ4n) is 2.97. The first-order chi connectivity index (χ1) is 13.4. The molecular formula is C20H24N4O3S. The van der Waals surface area contributed by atoms with Crippen molar-refractivity contribution in [1.82, 2.24) is 19.5 Å². The van der Waals surface area contributed by atoms with E-state index in [1.54, 1.807) is 30.9 Å². The van der Waals surface area contributed by atoms with E-state index in [1.807, 2.05) is 42.6 Å². The van der Waals surface area contributed by atoms with Gasteiger partial charge in [0.1, 0.15) is 5.69 Å². The normalized spacial score (nSPS) is 11.9. The zero-order chi connectivity index (χ0) is 20.1. The monoisotopic (exact) mass is 400 g/mol. The summed E-state index contributed by atoms with van der Waals surface area (Å²) in [5, 5.41) is 13.8. The number of nitrogens with zero attached hydrogens (tertiary/aromatic N) is 3. The molecule has 0 amide bonds. The Bertz CT molecular complexity index is 1010. The molecule has 0 saturated heterocycles. The first-order valence-corrected chi connectivity index (χ1v) is 10.7. The number of hydrogen-bond donors (Lipinski definition) is 2. The summed E-state index contributed by atoms with van der Waals surface area (Å²) in [5.74, 6) is -0.0630. The minimum atomic E-state index is -3.37. The van der Waals surface area contributed by atoms with E-state index in [-0.39, 0.29) is 18.4 Å². The van der Waals surface area contributed by atoms with E-state index in [9.17, 15) is 13.5 Å². The number of pyridine rings is 1. The van der Waals surface area contributed by atoms with Gasteiger partial charge in [0.2, 0.25) is 10.0 Å². The molecule has 0 radical (unpaired) electrons. The molecule has 2 heterocycles. The van der Waals surface area contributed by atoms with Gasteiger partial charge in [0.25, 0.3) is 0 Å². The van der Waals surface area contributed by atoms with E-state index in [2.05, 4.69) is 14.8 Å². The predicted molar refractivity (Wildman–Crippen MR) is 109 cm³/mol. The molecule has 0 spiro atoms. The van der Waals surface area contributed by atoms with Gasteiger partial charge in [-0.15, -0.1) is 0 Å². The number of rotatable bonds is 8. The molecule has 2 N–H and O–H groups in total. The quantitative estimate of drug-likeness (QED) is 0.605. The Labute approximate surface area is 165 Å². The summed E-state index contributed by atoms with van der Waals surface area (Å²) in [4.78, 5) is 4.05. The molecule has 7 nitrogen and oxygen atoms in total. The van der Waals surface area contributed by atoms with Gasteiger partial charge in [-0.25, -0.2) is 13.1 Å². The van der Waals surface area contributed by atoms with Crippen LogP contribution in [0, 0.1) is 0 Å². The highest BCUT2D eigenvalue weighted by Crippen LogP contribution is 2.31. The van der Waals surface area contributed by atoms with Gasteiger partial charge < -0.3 is 5.11 Å². The number of nitrogens with one attached hydrogen (secondary N) is 1. The highest BCUT2D eigenvalue weighted by atomic mass is 32.2. The molecule has 0 saturated carbocycles. The third-order valence-electron chi connectivity index (χ3n) is 4.08. The zero-order valence-corrected chi connectivity index (χ0v) is 16.7. The number of aliphatic hydroxyl groups excluding tert-OH is 1. The molecule has 0 fully saturated rings. The number of sulfonamides is 1. The molecule has 0 unspecified atom stereocenters. The molecule has 0 aliphatic rings. The average Bonchev–Trinajstić information content (AvgIpc) is 3.06.